The summed E-state index contributed by atoms with van der Waals surface area (Å²) in [6.45, 7) is 3.70. The van der Waals surface area contributed by atoms with Crippen LogP contribution in [-0.2, 0) is 7.05 Å². The monoisotopic (exact) mass is 260 g/mol. The molecule has 5 heteroatoms. The second-order valence-corrected chi connectivity index (χ2v) is 4.07. The van der Waals surface area contributed by atoms with Crippen molar-refractivity contribution in [3.05, 3.63) is 10.2 Å². The summed E-state index contributed by atoms with van der Waals surface area (Å²) in [6, 6.07) is 0. The molecule has 0 amide bonds. The first-order chi connectivity index (χ1) is 6.49. The van der Waals surface area contributed by atoms with Gasteiger partial charge in [-0.3, -0.25) is 9.48 Å². The van der Waals surface area contributed by atoms with Crippen molar-refractivity contribution in [1.29, 1.82) is 0 Å². The molecule has 1 rings (SSSR count). The molecule has 0 unspecified atom stereocenters. The van der Waals surface area contributed by atoms with Gasteiger partial charge in [-0.2, -0.15) is 0 Å². The van der Waals surface area contributed by atoms with Crippen LogP contribution in [0.15, 0.2) is 4.60 Å². The average Bonchev–Trinajstić information content (AvgIpc) is 2.42. The fraction of sp³-hybridized carbons (Fsp3) is 0.556. The number of ether oxygens (including phenoxy) is 1. The number of nitrogens with zero attached hydrogens (tertiary/aromatic N) is 2. The first kappa shape index (κ1) is 11.2. The van der Waals surface area contributed by atoms with Gasteiger partial charge in [0.1, 0.15) is 10.2 Å². The van der Waals surface area contributed by atoms with Crippen molar-refractivity contribution in [3.8, 4) is 5.88 Å². The summed E-state index contributed by atoms with van der Waals surface area (Å²) < 4.78 is 7.27. The number of aryl methyl sites for hydroxylation is 1. The third-order valence-electron chi connectivity index (χ3n) is 1.91. The van der Waals surface area contributed by atoms with Crippen LogP contribution in [-0.4, -0.2) is 22.7 Å². The maximum atomic E-state index is 11.8. The normalized spacial score (nSPS) is 10.7. The van der Waals surface area contributed by atoms with Gasteiger partial charge < -0.3 is 4.74 Å². The van der Waals surface area contributed by atoms with Gasteiger partial charge >= 0.3 is 0 Å². The molecule has 0 aliphatic rings. The Kier molecular flexibility index (Phi) is 3.31. The van der Waals surface area contributed by atoms with E-state index in [0.29, 0.717) is 16.0 Å². The Morgan fingerprint density at radius 3 is 2.57 bits per heavy atom. The molecule has 0 radical (unpaired) electrons. The lowest BCUT2D eigenvalue weighted by Crippen LogP contribution is -2.08. The number of hydrogen-bond donors (Lipinski definition) is 0. The molecule has 0 bridgehead atoms. The molecule has 78 valence electrons. The standard InChI is InChI=1S/C9H13BrN2O2/c1-5(2)7(13)6-8(10)12(3)11-9(6)14-4/h5H,1-4H3. The molecule has 1 heterocycles. The molecule has 4 nitrogen and oxygen atoms in total. The van der Waals surface area contributed by atoms with E-state index in [1.807, 2.05) is 13.8 Å². The van der Waals surface area contributed by atoms with E-state index >= 15 is 0 Å². The predicted octanol–water partition coefficient (Wildman–Crippen LogP) is 2.03. The van der Waals surface area contributed by atoms with E-state index < -0.39 is 0 Å². The Labute approximate surface area is 91.4 Å². The van der Waals surface area contributed by atoms with Crippen molar-refractivity contribution < 1.29 is 9.53 Å². The van der Waals surface area contributed by atoms with E-state index in [9.17, 15) is 4.79 Å². The van der Waals surface area contributed by atoms with Gasteiger partial charge in [-0.05, 0) is 15.9 Å². The minimum absolute atomic E-state index is 0.0295. The molecule has 0 fully saturated rings. The van der Waals surface area contributed by atoms with E-state index in [-0.39, 0.29) is 11.7 Å². The molecule has 0 N–H and O–H groups in total. The Hall–Kier alpha value is -0.840. The van der Waals surface area contributed by atoms with Gasteiger partial charge in [0.2, 0.25) is 5.88 Å². The van der Waals surface area contributed by atoms with Gasteiger partial charge in [0.05, 0.1) is 7.11 Å². The molecule has 0 saturated heterocycles. The molecule has 0 aliphatic heterocycles. The highest BCUT2D eigenvalue weighted by Gasteiger charge is 2.23. The zero-order valence-corrected chi connectivity index (χ0v) is 10.3. The number of hydrogen-bond acceptors (Lipinski definition) is 3. The van der Waals surface area contributed by atoms with E-state index in [1.54, 1.807) is 11.7 Å². The zero-order chi connectivity index (χ0) is 10.9. The van der Waals surface area contributed by atoms with Crippen LogP contribution in [0.25, 0.3) is 0 Å². The first-order valence-corrected chi connectivity index (χ1v) is 5.09. The number of carbonyl (C=O) groups excluding carboxylic acids is 1. The number of halogens is 1. The van der Waals surface area contributed by atoms with Crippen molar-refractivity contribution in [2.45, 2.75) is 13.8 Å². The smallest absolute Gasteiger partial charge is 0.244 e. The lowest BCUT2D eigenvalue weighted by molar-refractivity contribution is 0.0935. The lowest BCUT2D eigenvalue weighted by Gasteiger charge is -2.03. The summed E-state index contributed by atoms with van der Waals surface area (Å²) in [4.78, 5) is 11.8. The number of aromatic nitrogens is 2. The molecule has 0 atom stereocenters. The number of methoxy groups -OCH3 is 1. The van der Waals surface area contributed by atoms with Gasteiger partial charge in [-0.1, -0.05) is 13.8 Å². The minimum atomic E-state index is -0.0654. The van der Waals surface area contributed by atoms with Crippen LogP contribution in [0.2, 0.25) is 0 Å². The molecular formula is C9H13BrN2O2. The SMILES string of the molecule is COc1nn(C)c(Br)c1C(=O)C(C)C. The fourth-order valence-corrected chi connectivity index (χ4v) is 1.56. The maximum absolute atomic E-state index is 11.8. The number of carbonyl (C=O) groups is 1. The van der Waals surface area contributed by atoms with Gasteiger partial charge in [0.15, 0.2) is 5.78 Å². The number of rotatable bonds is 3. The minimum Gasteiger partial charge on any atom is -0.479 e. The van der Waals surface area contributed by atoms with Crippen LogP contribution in [0.3, 0.4) is 0 Å². The quantitative estimate of drug-likeness (QED) is 0.782. The fourth-order valence-electron chi connectivity index (χ4n) is 1.12. The second-order valence-electron chi connectivity index (χ2n) is 3.32. The molecule has 0 saturated carbocycles. The highest BCUT2D eigenvalue weighted by molar-refractivity contribution is 9.10. The molecule has 1 aromatic heterocycles. The molecule has 1 aromatic rings. The van der Waals surface area contributed by atoms with Gasteiger partial charge in [-0.15, -0.1) is 5.10 Å². The molecule has 14 heavy (non-hydrogen) atoms. The van der Waals surface area contributed by atoms with Gasteiger partial charge in [0.25, 0.3) is 0 Å². The van der Waals surface area contributed by atoms with E-state index in [4.69, 9.17) is 4.74 Å². The average molecular weight is 261 g/mol. The maximum Gasteiger partial charge on any atom is 0.244 e. The van der Waals surface area contributed by atoms with Crippen molar-refractivity contribution in [1.82, 2.24) is 9.78 Å². The van der Waals surface area contributed by atoms with Gasteiger partial charge in [0, 0.05) is 13.0 Å². The molecule has 0 spiro atoms. The van der Waals surface area contributed by atoms with Crippen LogP contribution in [0.1, 0.15) is 24.2 Å². The van der Waals surface area contributed by atoms with E-state index in [2.05, 4.69) is 21.0 Å². The van der Waals surface area contributed by atoms with Crippen LogP contribution in [0.4, 0.5) is 0 Å². The Morgan fingerprint density at radius 1 is 1.57 bits per heavy atom. The third-order valence-corrected chi connectivity index (χ3v) is 2.82. The molecular weight excluding hydrogens is 248 g/mol. The van der Waals surface area contributed by atoms with Crippen LogP contribution < -0.4 is 4.74 Å². The summed E-state index contributed by atoms with van der Waals surface area (Å²) >= 11 is 3.31. The topological polar surface area (TPSA) is 44.1 Å². The Morgan fingerprint density at radius 2 is 2.14 bits per heavy atom. The third kappa shape index (κ3) is 1.82. The van der Waals surface area contributed by atoms with Crippen LogP contribution >= 0.6 is 15.9 Å². The van der Waals surface area contributed by atoms with Crippen LogP contribution in [0.5, 0.6) is 5.88 Å². The Balaban J connectivity index is 3.24. The molecule has 0 aliphatic carbocycles. The van der Waals surface area contributed by atoms with Crippen molar-refractivity contribution in [2.75, 3.05) is 7.11 Å². The van der Waals surface area contributed by atoms with E-state index in [1.165, 1.54) is 7.11 Å². The van der Waals surface area contributed by atoms with E-state index in [0.717, 1.165) is 0 Å². The lowest BCUT2D eigenvalue weighted by atomic mass is 10.0. The number of ketones is 1. The van der Waals surface area contributed by atoms with Crippen LogP contribution in [0, 0.1) is 5.92 Å². The first-order valence-electron chi connectivity index (χ1n) is 4.29. The highest BCUT2D eigenvalue weighted by Crippen LogP contribution is 2.27. The van der Waals surface area contributed by atoms with Gasteiger partial charge in [-0.25, -0.2) is 0 Å². The predicted molar refractivity (Wildman–Crippen MR) is 56.6 cm³/mol. The largest absolute Gasteiger partial charge is 0.479 e. The summed E-state index contributed by atoms with van der Waals surface area (Å²) in [7, 11) is 3.26. The number of Topliss-reactive ketones (excluding diaryl/α,β-unsaturated/α-hetero) is 1. The highest BCUT2D eigenvalue weighted by atomic mass is 79.9. The van der Waals surface area contributed by atoms with Crippen molar-refractivity contribution in [2.24, 2.45) is 13.0 Å². The van der Waals surface area contributed by atoms with Crippen molar-refractivity contribution >= 4 is 21.7 Å². The zero-order valence-electron chi connectivity index (χ0n) is 8.67. The Bertz CT molecular complexity index is 358. The van der Waals surface area contributed by atoms with Crippen molar-refractivity contribution in [3.63, 3.8) is 0 Å². The summed E-state index contributed by atoms with van der Waals surface area (Å²) in [5.41, 5.74) is 0.519. The molecule has 0 aromatic carbocycles. The second kappa shape index (κ2) is 4.13. The summed E-state index contributed by atoms with van der Waals surface area (Å²) in [5, 5.41) is 4.06. The summed E-state index contributed by atoms with van der Waals surface area (Å²) in [5.74, 6) is 0.337. The summed E-state index contributed by atoms with van der Waals surface area (Å²) in [6.07, 6.45) is 0.